The number of H-pyrrole nitrogens is 1. The highest BCUT2D eigenvalue weighted by Crippen LogP contribution is 2.23. The van der Waals surface area contributed by atoms with Gasteiger partial charge >= 0.3 is 0 Å². The molecule has 552 valence electrons. The molecular formula is C73H106N14O14. The Labute approximate surface area is 590 Å². The van der Waals surface area contributed by atoms with Crippen molar-refractivity contribution < 1.29 is 67.7 Å². The minimum Gasteiger partial charge on any atom is -0.508 e. The van der Waals surface area contributed by atoms with Crippen molar-refractivity contribution in [3.8, 4) is 5.75 Å². The van der Waals surface area contributed by atoms with Gasteiger partial charge in [-0.1, -0.05) is 114 Å². The highest BCUT2D eigenvalue weighted by molar-refractivity contribution is 6.00. The van der Waals surface area contributed by atoms with Crippen LogP contribution in [0.2, 0.25) is 0 Å². The second-order valence-electron chi connectivity index (χ2n) is 28.1. The minimum atomic E-state index is -1.76. The Morgan fingerprint density at radius 1 is 0.594 bits per heavy atom. The molecule has 0 bridgehead atoms. The number of fused-ring (bicyclic) bond motifs is 1. The molecule has 0 saturated heterocycles. The van der Waals surface area contributed by atoms with E-state index in [0.29, 0.717) is 36.8 Å². The van der Waals surface area contributed by atoms with Crippen LogP contribution in [0.25, 0.3) is 10.9 Å². The van der Waals surface area contributed by atoms with Gasteiger partial charge < -0.3 is 85.1 Å². The summed E-state index contributed by atoms with van der Waals surface area (Å²) in [6.07, 6.45) is 5.71. The first-order chi connectivity index (χ1) is 47.6. The van der Waals surface area contributed by atoms with Crippen molar-refractivity contribution in [1.82, 2.24) is 63.5 Å². The van der Waals surface area contributed by atoms with Crippen molar-refractivity contribution >= 4 is 81.8 Å². The van der Waals surface area contributed by atoms with Crippen LogP contribution in [0.15, 0.2) is 97.2 Å². The lowest BCUT2D eigenvalue weighted by molar-refractivity contribution is -0.138. The SMILES string of the molecule is CC(C)C[C@H](NC(=O)[C@H](Cc1ccccc1)NC(=O)[C@H](Cc1ccc(O)cc1)NC(=O)[C@H](C)NC(=O)[C@@H](N)[C@@H](C)O)C(=O)N[C@@H](CC(C)C)C(=O)N[C@@]1(C)CCC/C=C/CCC[C@@](C)(C(=O)N[C@@H](Cc2c[nH]c3ccccc23)C(N)=O)NC(=O)CNC(=O)[C@H](C)NC(=O)[C@H](CC(C)C)NC1=O. The third-order valence-corrected chi connectivity index (χ3v) is 17.5. The number of hydrogen-bond acceptors (Lipinski definition) is 15. The summed E-state index contributed by atoms with van der Waals surface area (Å²) in [5.41, 5.74) is 10.9. The van der Waals surface area contributed by atoms with E-state index in [4.69, 9.17) is 11.5 Å². The predicted molar refractivity (Wildman–Crippen MR) is 381 cm³/mol. The summed E-state index contributed by atoms with van der Waals surface area (Å²) in [5, 5.41) is 50.7. The molecule has 1 aromatic heterocycles. The number of aromatic hydroxyl groups is 1. The summed E-state index contributed by atoms with van der Waals surface area (Å²) in [6.45, 7) is 17.4. The summed E-state index contributed by atoms with van der Waals surface area (Å²) in [6, 6.07) is 10.3. The molecule has 2 heterocycles. The zero-order valence-corrected chi connectivity index (χ0v) is 59.9. The van der Waals surface area contributed by atoms with E-state index in [9.17, 15) is 67.7 Å². The third kappa shape index (κ3) is 26.1. The van der Waals surface area contributed by atoms with Gasteiger partial charge in [0.15, 0.2) is 0 Å². The van der Waals surface area contributed by atoms with Gasteiger partial charge in [-0.15, -0.1) is 0 Å². The maximum Gasteiger partial charge on any atom is 0.246 e. The van der Waals surface area contributed by atoms with Crippen LogP contribution >= 0.6 is 0 Å². The maximum absolute atomic E-state index is 15.0. The topological polar surface area (TPSA) is 445 Å². The zero-order chi connectivity index (χ0) is 74.9. The second kappa shape index (κ2) is 38.8. The predicted octanol–water partition coefficient (Wildman–Crippen LogP) is 1.93. The first kappa shape index (κ1) is 82.0. The lowest BCUT2D eigenvalue weighted by atomic mass is 9.90. The lowest BCUT2D eigenvalue weighted by Crippen LogP contribution is -2.64. The Kier molecular flexibility index (Phi) is 31.5. The van der Waals surface area contributed by atoms with E-state index in [1.165, 1.54) is 58.9 Å². The summed E-state index contributed by atoms with van der Waals surface area (Å²) < 4.78 is 0. The molecule has 12 atom stereocenters. The van der Waals surface area contributed by atoms with Gasteiger partial charge in [0.1, 0.15) is 71.2 Å². The maximum atomic E-state index is 15.0. The molecule has 1 aliphatic heterocycles. The summed E-state index contributed by atoms with van der Waals surface area (Å²) in [5.74, 6) is -10.0. The lowest BCUT2D eigenvalue weighted by Gasteiger charge is -2.34. The van der Waals surface area contributed by atoms with Crippen LogP contribution in [-0.2, 0) is 76.8 Å². The number of nitrogens with two attached hydrogens (primary N) is 2. The molecule has 0 aliphatic carbocycles. The van der Waals surface area contributed by atoms with E-state index >= 15 is 0 Å². The molecule has 3 aromatic carbocycles. The number of aliphatic hydroxyl groups is 1. The van der Waals surface area contributed by atoms with E-state index < -0.39 is 149 Å². The van der Waals surface area contributed by atoms with Crippen molar-refractivity contribution in [3.63, 3.8) is 0 Å². The number of aromatic amines is 1. The molecule has 0 fully saturated rings. The van der Waals surface area contributed by atoms with Gasteiger partial charge in [0.2, 0.25) is 70.9 Å². The number of allylic oxidation sites excluding steroid dienone is 2. The first-order valence-corrected chi connectivity index (χ1v) is 34.7. The number of phenolic OH excluding ortho intramolecular Hbond substituents is 1. The van der Waals surface area contributed by atoms with E-state index in [2.05, 4.69) is 63.5 Å². The van der Waals surface area contributed by atoms with Gasteiger partial charge in [-0.25, -0.2) is 0 Å². The number of aliphatic hydroxyl groups excluding tert-OH is 1. The number of phenols is 1. The Hall–Kier alpha value is -9.70. The van der Waals surface area contributed by atoms with E-state index in [0.717, 1.165) is 16.5 Å². The number of hydrogen-bond donors (Lipinski definition) is 16. The first-order valence-electron chi connectivity index (χ1n) is 34.7. The van der Waals surface area contributed by atoms with Crippen LogP contribution in [0, 0.1) is 17.8 Å². The molecule has 4 aromatic rings. The van der Waals surface area contributed by atoms with Gasteiger partial charge in [0, 0.05) is 36.4 Å². The number of para-hydroxylation sites is 1. The number of nitrogens with one attached hydrogen (secondary N) is 12. The number of carbonyl (C=O) groups excluding carboxylic acids is 12. The highest BCUT2D eigenvalue weighted by Gasteiger charge is 2.42. The van der Waals surface area contributed by atoms with E-state index in [1.54, 1.807) is 36.5 Å². The van der Waals surface area contributed by atoms with E-state index in [1.807, 2.05) is 78.0 Å². The fraction of sp³-hybridized carbons (Fsp3) is 0.534. The van der Waals surface area contributed by atoms with Crippen LogP contribution in [0.3, 0.4) is 0 Å². The molecular weight excluding hydrogens is 1300 g/mol. The van der Waals surface area contributed by atoms with Crippen LogP contribution in [0.4, 0.5) is 0 Å². The summed E-state index contributed by atoms with van der Waals surface area (Å²) in [7, 11) is 0. The molecule has 28 heteroatoms. The summed E-state index contributed by atoms with van der Waals surface area (Å²) >= 11 is 0. The fourth-order valence-electron chi connectivity index (χ4n) is 11.6. The Balaban J connectivity index is 1.40. The summed E-state index contributed by atoms with van der Waals surface area (Å²) in [4.78, 5) is 172. The Morgan fingerprint density at radius 2 is 1.13 bits per heavy atom. The normalized spacial score (nSPS) is 21.0. The Morgan fingerprint density at radius 3 is 1.70 bits per heavy atom. The average molecular weight is 1400 g/mol. The molecule has 101 heavy (non-hydrogen) atoms. The van der Waals surface area contributed by atoms with Gasteiger partial charge in [-0.3, -0.25) is 57.5 Å². The van der Waals surface area contributed by atoms with Crippen molar-refractivity contribution in [2.45, 2.75) is 225 Å². The van der Waals surface area contributed by atoms with Crippen molar-refractivity contribution in [2.24, 2.45) is 29.2 Å². The van der Waals surface area contributed by atoms with Gasteiger partial charge in [-0.2, -0.15) is 0 Å². The van der Waals surface area contributed by atoms with Crippen molar-refractivity contribution in [3.05, 3.63) is 114 Å². The van der Waals surface area contributed by atoms with Crippen LogP contribution in [0.5, 0.6) is 5.75 Å². The zero-order valence-electron chi connectivity index (χ0n) is 59.9. The van der Waals surface area contributed by atoms with Crippen molar-refractivity contribution in [2.75, 3.05) is 6.54 Å². The highest BCUT2D eigenvalue weighted by atomic mass is 16.3. The number of aromatic nitrogens is 1. The average Bonchev–Trinajstić information content (AvgIpc) is 1.79. The number of rotatable bonds is 28. The molecule has 12 amide bonds. The van der Waals surface area contributed by atoms with Gasteiger partial charge in [0.25, 0.3) is 0 Å². The van der Waals surface area contributed by atoms with Crippen molar-refractivity contribution in [1.29, 1.82) is 0 Å². The quantitative estimate of drug-likeness (QED) is 0.0361. The van der Waals surface area contributed by atoms with Gasteiger partial charge in [-0.05, 0) is 145 Å². The van der Waals surface area contributed by atoms with Crippen LogP contribution in [-0.4, -0.2) is 164 Å². The number of primary amides is 1. The number of carbonyl (C=O) groups is 12. The second-order valence-corrected chi connectivity index (χ2v) is 28.1. The van der Waals surface area contributed by atoms with E-state index in [-0.39, 0.29) is 74.9 Å². The number of amides is 12. The molecule has 0 radical (unpaired) electrons. The largest absolute Gasteiger partial charge is 0.508 e. The minimum absolute atomic E-state index is 0.00420. The monoisotopic (exact) mass is 1400 g/mol. The molecule has 0 spiro atoms. The molecule has 28 nitrogen and oxygen atoms in total. The molecule has 1 aliphatic rings. The molecule has 0 saturated carbocycles. The molecule has 18 N–H and O–H groups in total. The smallest absolute Gasteiger partial charge is 0.246 e. The Bertz CT molecular complexity index is 3540. The van der Waals surface area contributed by atoms with Gasteiger partial charge in [0.05, 0.1) is 12.6 Å². The van der Waals surface area contributed by atoms with Crippen LogP contribution < -0.4 is 70.0 Å². The third-order valence-electron chi connectivity index (χ3n) is 17.5. The molecule has 0 unspecified atom stereocenters. The standard InChI is InChI=1S/C73H106N14O14/c1-41(2)33-54(81-67(97)58(36-47-23-17-16-18-24-47)83-66(96)57(37-48-27-29-50(89)30-28-48)80-63(93)45(8)79-69(99)60(74)46(9)88)65(95)82-56(35-43(5)6)68(98)87-73(11)32-22-15-13-12-14-21-31-72(10,70(100)84-53(61(75)91)38-49-39-76-52-26-20-19-25-51(49)52)86-59(90)40-77-62(92)44(7)78-64(94)55(34-42(3)4)85-71(73)101/h12-13,16-20,23-30,39,41-46,53-58,60,76,88-89H,14-15,21-22,31-38,40,74H2,1-11H3,(H2,75,91)(H,77,92)(H,78,94)(H,79,99)(H,80,93)(H,81,97)(H,82,95)(H,83,96)(H,84,100)(H,85,101)(H,86,90)(H,87,98)/b13-12+/t44-,45-,46+,53-,54-,55-,56-,57-,58-,60-,72-,73-/m0/s1. The number of benzene rings is 3. The van der Waals surface area contributed by atoms with Crippen LogP contribution in [0.1, 0.15) is 151 Å². The fourth-order valence-corrected chi connectivity index (χ4v) is 11.6. The molecule has 5 rings (SSSR count).